The number of hydrogen-bond donors (Lipinski definition) is 0. The minimum Gasteiger partial charge on any atom is -0.256 e. The monoisotopic (exact) mass is 365 g/mol. The first-order chi connectivity index (χ1) is 7.36. The fourth-order valence-electron chi connectivity index (χ4n) is 1.24. The molecule has 0 radical (unpaired) electrons. The van der Waals surface area contributed by atoms with Gasteiger partial charge in [-0.05, 0) is 18.2 Å². The Bertz CT molecular complexity index is 468. The summed E-state index contributed by atoms with van der Waals surface area (Å²) in [4.78, 5) is 4.38. The molecular formula is C13H10BrNPd. The number of benzene rings is 2. The summed E-state index contributed by atoms with van der Waals surface area (Å²) in [5.74, 6) is 0. The van der Waals surface area contributed by atoms with Crippen molar-refractivity contribution in [2.24, 2.45) is 4.99 Å². The maximum Gasteiger partial charge on any atom is 0.0629 e. The Morgan fingerprint density at radius 2 is 1.50 bits per heavy atom. The topological polar surface area (TPSA) is 12.4 Å². The van der Waals surface area contributed by atoms with Gasteiger partial charge in [0.25, 0.3) is 0 Å². The maximum atomic E-state index is 4.38. The van der Waals surface area contributed by atoms with Crippen molar-refractivity contribution in [3.8, 4) is 0 Å². The van der Waals surface area contributed by atoms with Crippen molar-refractivity contribution in [3.05, 3.63) is 64.6 Å². The summed E-state index contributed by atoms with van der Waals surface area (Å²) < 4.78 is 1.06. The zero-order valence-electron chi connectivity index (χ0n) is 8.41. The predicted octanol–water partition coefficient (Wildman–Crippen LogP) is 4.20. The van der Waals surface area contributed by atoms with Crippen molar-refractivity contribution >= 4 is 27.8 Å². The van der Waals surface area contributed by atoms with Crippen LogP contribution in [0.15, 0.2) is 64.1 Å². The van der Waals surface area contributed by atoms with Gasteiger partial charge in [-0.1, -0.05) is 52.3 Å². The van der Waals surface area contributed by atoms with Crippen molar-refractivity contribution in [2.45, 2.75) is 0 Å². The number of aliphatic imine (C=N–C) groups is 1. The third kappa shape index (κ3) is 3.68. The molecule has 2 rings (SSSR count). The molecule has 0 atom stereocenters. The molecular weight excluding hydrogens is 356 g/mol. The van der Waals surface area contributed by atoms with E-state index in [4.69, 9.17) is 0 Å². The Morgan fingerprint density at radius 3 is 2.19 bits per heavy atom. The normalized spacial score (nSPS) is 10.1. The van der Waals surface area contributed by atoms with Gasteiger partial charge in [-0.15, -0.1) is 0 Å². The molecule has 0 N–H and O–H groups in total. The van der Waals surface area contributed by atoms with Gasteiger partial charge in [-0.25, -0.2) is 0 Å². The average molecular weight is 367 g/mol. The van der Waals surface area contributed by atoms with E-state index in [0.717, 1.165) is 15.7 Å². The van der Waals surface area contributed by atoms with E-state index in [1.54, 1.807) is 0 Å². The quantitative estimate of drug-likeness (QED) is 0.558. The van der Waals surface area contributed by atoms with Crippen molar-refractivity contribution < 1.29 is 20.4 Å². The Hall–Kier alpha value is -0.748. The molecule has 0 saturated carbocycles. The van der Waals surface area contributed by atoms with E-state index in [-0.39, 0.29) is 20.4 Å². The van der Waals surface area contributed by atoms with Gasteiger partial charge in [0.15, 0.2) is 0 Å². The summed E-state index contributed by atoms with van der Waals surface area (Å²) in [5.41, 5.74) is 2.05. The summed E-state index contributed by atoms with van der Waals surface area (Å²) >= 11 is 3.48. The average Bonchev–Trinajstić information content (AvgIpc) is 2.29. The van der Waals surface area contributed by atoms with Crippen LogP contribution >= 0.6 is 15.9 Å². The minimum atomic E-state index is 0. The predicted molar refractivity (Wildman–Crippen MR) is 67.8 cm³/mol. The molecule has 0 spiro atoms. The van der Waals surface area contributed by atoms with Gasteiger partial charge in [0.2, 0.25) is 0 Å². The van der Waals surface area contributed by atoms with E-state index in [0.29, 0.717) is 0 Å². The van der Waals surface area contributed by atoms with Crippen LogP contribution in [0.1, 0.15) is 5.56 Å². The zero-order chi connectivity index (χ0) is 10.5. The molecule has 0 unspecified atom stereocenters. The Balaban J connectivity index is 0.00000128. The summed E-state index contributed by atoms with van der Waals surface area (Å²) in [5, 5.41) is 0. The molecule has 0 aliphatic rings. The van der Waals surface area contributed by atoms with E-state index in [1.807, 2.05) is 60.8 Å². The third-order valence-electron chi connectivity index (χ3n) is 2.01. The van der Waals surface area contributed by atoms with Crippen LogP contribution in [0.4, 0.5) is 5.69 Å². The second kappa shape index (κ2) is 6.75. The van der Waals surface area contributed by atoms with Crippen LogP contribution in [0.5, 0.6) is 0 Å². The SMILES string of the molecule is Brc1ccccc1C=Nc1ccccc1.[Pd]. The molecule has 0 saturated heterocycles. The van der Waals surface area contributed by atoms with Gasteiger partial charge in [-0.2, -0.15) is 0 Å². The number of nitrogens with zero attached hydrogens (tertiary/aromatic N) is 1. The molecule has 3 heteroatoms. The van der Waals surface area contributed by atoms with Crippen LogP contribution in [0.25, 0.3) is 0 Å². The molecule has 0 amide bonds. The fourth-order valence-corrected chi connectivity index (χ4v) is 1.63. The van der Waals surface area contributed by atoms with Gasteiger partial charge >= 0.3 is 0 Å². The Labute approximate surface area is 117 Å². The molecule has 0 fully saturated rings. The number of para-hydroxylation sites is 1. The summed E-state index contributed by atoms with van der Waals surface area (Å²) in [6.45, 7) is 0. The molecule has 1 nitrogen and oxygen atoms in total. The Kier molecular flexibility index (Phi) is 5.62. The second-order valence-electron chi connectivity index (χ2n) is 3.12. The molecule has 0 heterocycles. The first kappa shape index (κ1) is 13.3. The van der Waals surface area contributed by atoms with E-state index in [2.05, 4.69) is 20.9 Å². The Morgan fingerprint density at radius 1 is 0.875 bits per heavy atom. The van der Waals surface area contributed by atoms with E-state index in [9.17, 15) is 0 Å². The van der Waals surface area contributed by atoms with Crippen molar-refractivity contribution in [1.82, 2.24) is 0 Å². The third-order valence-corrected chi connectivity index (χ3v) is 2.74. The van der Waals surface area contributed by atoms with Crippen LogP contribution in [-0.4, -0.2) is 6.21 Å². The van der Waals surface area contributed by atoms with Crippen molar-refractivity contribution in [3.63, 3.8) is 0 Å². The standard InChI is InChI=1S/C13H10BrN.Pd/c14-13-9-5-4-6-11(13)10-15-12-7-2-1-3-8-12;/h1-10H;. The van der Waals surface area contributed by atoms with Crippen LogP contribution in [0.3, 0.4) is 0 Å². The van der Waals surface area contributed by atoms with Crippen LogP contribution in [0, 0.1) is 0 Å². The van der Waals surface area contributed by atoms with E-state index in [1.165, 1.54) is 0 Å². The summed E-state index contributed by atoms with van der Waals surface area (Å²) in [6, 6.07) is 17.9. The molecule has 0 aromatic heterocycles. The molecule has 0 aliphatic carbocycles. The smallest absolute Gasteiger partial charge is 0.0629 e. The molecule has 84 valence electrons. The first-order valence-electron chi connectivity index (χ1n) is 4.70. The fraction of sp³-hybridized carbons (Fsp3) is 0. The molecule has 2 aromatic rings. The van der Waals surface area contributed by atoms with Crippen molar-refractivity contribution in [2.75, 3.05) is 0 Å². The molecule has 16 heavy (non-hydrogen) atoms. The largest absolute Gasteiger partial charge is 0.256 e. The number of hydrogen-bond acceptors (Lipinski definition) is 1. The molecule has 0 bridgehead atoms. The van der Waals surface area contributed by atoms with Gasteiger partial charge in [0, 0.05) is 36.7 Å². The van der Waals surface area contributed by atoms with E-state index >= 15 is 0 Å². The molecule has 0 aliphatic heterocycles. The van der Waals surface area contributed by atoms with Gasteiger partial charge < -0.3 is 0 Å². The van der Waals surface area contributed by atoms with Gasteiger partial charge in [0.05, 0.1) is 5.69 Å². The van der Waals surface area contributed by atoms with Crippen LogP contribution < -0.4 is 0 Å². The van der Waals surface area contributed by atoms with Crippen LogP contribution in [0.2, 0.25) is 0 Å². The number of rotatable bonds is 2. The zero-order valence-corrected chi connectivity index (χ0v) is 11.6. The maximum absolute atomic E-state index is 4.38. The number of halogens is 1. The van der Waals surface area contributed by atoms with Crippen molar-refractivity contribution in [1.29, 1.82) is 0 Å². The summed E-state index contributed by atoms with van der Waals surface area (Å²) in [7, 11) is 0. The molecule has 2 aromatic carbocycles. The van der Waals surface area contributed by atoms with E-state index < -0.39 is 0 Å². The first-order valence-corrected chi connectivity index (χ1v) is 5.49. The van der Waals surface area contributed by atoms with Gasteiger partial charge in [-0.3, -0.25) is 4.99 Å². The van der Waals surface area contributed by atoms with Gasteiger partial charge in [0.1, 0.15) is 0 Å². The summed E-state index contributed by atoms with van der Waals surface area (Å²) in [6.07, 6.45) is 1.86. The van der Waals surface area contributed by atoms with Crippen LogP contribution in [-0.2, 0) is 20.4 Å². The minimum absolute atomic E-state index is 0. The second-order valence-corrected chi connectivity index (χ2v) is 3.97.